The summed E-state index contributed by atoms with van der Waals surface area (Å²) in [5, 5.41) is 7.76. The fourth-order valence-corrected chi connectivity index (χ4v) is 7.98. The summed E-state index contributed by atoms with van der Waals surface area (Å²) >= 11 is 0. The Morgan fingerprint density at radius 2 is 1.08 bits per heavy atom. The number of benzene rings is 8. The molecule has 0 aliphatic rings. The number of hydrogen-bond acceptors (Lipinski definition) is 3. The van der Waals surface area contributed by atoms with E-state index in [9.17, 15) is 0 Å². The van der Waals surface area contributed by atoms with Crippen molar-refractivity contribution in [2.75, 3.05) is 0 Å². The second-order valence-corrected chi connectivity index (χ2v) is 13.4. The van der Waals surface area contributed by atoms with Gasteiger partial charge in [-0.1, -0.05) is 127 Å². The average Bonchev–Trinajstić information content (AvgIpc) is 3.77. The normalized spacial score (nSPS) is 11.8. The van der Waals surface area contributed by atoms with Crippen LogP contribution in [0.5, 0.6) is 0 Å². The molecule has 0 N–H and O–H groups in total. The van der Waals surface area contributed by atoms with E-state index in [2.05, 4.69) is 162 Å². The summed E-state index contributed by atoms with van der Waals surface area (Å²) in [4.78, 5) is 10.5. The number of aromatic nitrogens is 3. The Hall–Kier alpha value is -7.04. The van der Waals surface area contributed by atoms with Gasteiger partial charge in [-0.3, -0.25) is 0 Å². The van der Waals surface area contributed by atoms with Crippen LogP contribution in [0.25, 0.3) is 105 Å². The molecule has 3 aromatic heterocycles. The van der Waals surface area contributed by atoms with Crippen LogP contribution in [0.4, 0.5) is 0 Å². The van der Waals surface area contributed by atoms with Crippen molar-refractivity contribution in [2.24, 2.45) is 0 Å². The topological polar surface area (TPSA) is 43.9 Å². The van der Waals surface area contributed by atoms with E-state index >= 15 is 0 Å². The van der Waals surface area contributed by atoms with Gasteiger partial charge >= 0.3 is 0 Å². The van der Waals surface area contributed by atoms with Crippen molar-refractivity contribution >= 4 is 65.4 Å². The van der Waals surface area contributed by atoms with Gasteiger partial charge in [0, 0.05) is 49.1 Å². The lowest BCUT2D eigenvalue weighted by Gasteiger charge is -2.11. The van der Waals surface area contributed by atoms with Crippen LogP contribution in [0.15, 0.2) is 180 Å². The molecule has 8 aromatic carbocycles. The van der Waals surface area contributed by atoms with Crippen LogP contribution in [-0.4, -0.2) is 14.5 Å². The molecule has 0 radical (unpaired) electrons. The van der Waals surface area contributed by atoms with Crippen molar-refractivity contribution < 1.29 is 4.42 Å². The summed E-state index contributed by atoms with van der Waals surface area (Å²) in [7, 11) is 0. The van der Waals surface area contributed by atoms with Crippen LogP contribution in [0.3, 0.4) is 0 Å². The van der Waals surface area contributed by atoms with Gasteiger partial charge in [-0.05, 0) is 65.0 Å². The third-order valence-corrected chi connectivity index (χ3v) is 10.4. The molecule has 0 saturated heterocycles. The van der Waals surface area contributed by atoms with Gasteiger partial charge in [0.15, 0.2) is 5.82 Å². The fraction of sp³-hybridized carbons (Fsp3) is 0. The number of hydrogen-bond donors (Lipinski definition) is 0. The Kier molecular flexibility index (Phi) is 6.22. The van der Waals surface area contributed by atoms with Gasteiger partial charge in [-0.25, -0.2) is 9.97 Å². The van der Waals surface area contributed by atoms with Crippen LogP contribution < -0.4 is 0 Å². The molecular weight excluding hydrogens is 635 g/mol. The highest BCUT2D eigenvalue weighted by atomic mass is 16.3. The van der Waals surface area contributed by atoms with Crippen molar-refractivity contribution in [3.8, 4) is 39.5 Å². The minimum atomic E-state index is 0.678. The summed E-state index contributed by atoms with van der Waals surface area (Å²) in [6, 6.07) is 61.9. The standard InChI is InChI=1S/C48H29N3O/c1-2-12-31(13-3-1)46-38-18-6-9-19-41(38)49-48(50-46)40-29-33-14-4-5-15-35(33)47-45(40)39-28-32(24-27-44(39)52-47)30-22-25-34(26-23-30)51-42-20-10-7-16-36(42)37-17-8-11-21-43(37)51/h1-29H. The molecule has 11 rings (SSSR count). The lowest BCUT2D eigenvalue weighted by atomic mass is 9.97. The SMILES string of the molecule is c1ccc(-c2nc(-c3cc4ccccc4c4oc5ccc(-c6ccc(-n7c8ccccc8c8ccccc87)cc6)cc5c34)nc3ccccc23)cc1. The minimum absolute atomic E-state index is 0.678. The first-order chi connectivity index (χ1) is 25.8. The Morgan fingerprint density at radius 3 is 1.85 bits per heavy atom. The van der Waals surface area contributed by atoms with Crippen molar-refractivity contribution in [3.63, 3.8) is 0 Å². The molecule has 242 valence electrons. The lowest BCUT2D eigenvalue weighted by molar-refractivity contribution is 0.673. The van der Waals surface area contributed by atoms with E-state index < -0.39 is 0 Å². The van der Waals surface area contributed by atoms with E-state index in [-0.39, 0.29) is 0 Å². The van der Waals surface area contributed by atoms with Gasteiger partial charge in [0.1, 0.15) is 11.2 Å². The monoisotopic (exact) mass is 663 g/mol. The highest BCUT2D eigenvalue weighted by Gasteiger charge is 2.20. The van der Waals surface area contributed by atoms with Crippen molar-refractivity contribution in [2.45, 2.75) is 0 Å². The zero-order valence-corrected chi connectivity index (χ0v) is 28.0. The number of nitrogens with zero attached hydrogens (tertiary/aromatic N) is 3. The first-order valence-corrected chi connectivity index (χ1v) is 17.6. The Bertz CT molecular complexity index is 3120. The Labute approximate surface area is 298 Å². The van der Waals surface area contributed by atoms with E-state index in [1.165, 1.54) is 21.8 Å². The molecule has 0 bridgehead atoms. The van der Waals surface area contributed by atoms with Gasteiger partial charge < -0.3 is 8.98 Å². The fourth-order valence-electron chi connectivity index (χ4n) is 7.98. The number of fused-ring (bicyclic) bond motifs is 9. The smallest absolute Gasteiger partial charge is 0.161 e. The van der Waals surface area contributed by atoms with Gasteiger partial charge in [-0.2, -0.15) is 0 Å². The highest BCUT2D eigenvalue weighted by Crippen LogP contribution is 2.43. The molecule has 0 fully saturated rings. The molecule has 0 spiro atoms. The average molecular weight is 664 g/mol. The van der Waals surface area contributed by atoms with Crippen LogP contribution in [0.2, 0.25) is 0 Å². The predicted molar refractivity (Wildman–Crippen MR) is 215 cm³/mol. The predicted octanol–water partition coefficient (Wildman–Crippen LogP) is 12.8. The summed E-state index contributed by atoms with van der Waals surface area (Å²) in [6.45, 7) is 0. The molecule has 0 amide bonds. The van der Waals surface area contributed by atoms with Crippen molar-refractivity contribution in [1.29, 1.82) is 0 Å². The second kappa shape index (κ2) is 11.2. The third-order valence-electron chi connectivity index (χ3n) is 10.4. The molecule has 0 saturated carbocycles. The van der Waals surface area contributed by atoms with E-state index in [4.69, 9.17) is 14.4 Å². The van der Waals surface area contributed by atoms with Crippen LogP contribution in [0, 0.1) is 0 Å². The third kappa shape index (κ3) is 4.34. The maximum absolute atomic E-state index is 6.71. The maximum atomic E-state index is 6.71. The van der Waals surface area contributed by atoms with Crippen molar-refractivity contribution in [1.82, 2.24) is 14.5 Å². The summed E-state index contributed by atoms with van der Waals surface area (Å²) in [5.74, 6) is 0.678. The number of para-hydroxylation sites is 3. The maximum Gasteiger partial charge on any atom is 0.161 e. The zero-order chi connectivity index (χ0) is 34.2. The zero-order valence-electron chi connectivity index (χ0n) is 28.0. The molecule has 52 heavy (non-hydrogen) atoms. The minimum Gasteiger partial charge on any atom is -0.455 e. The van der Waals surface area contributed by atoms with Gasteiger partial charge in [-0.15, -0.1) is 0 Å². The molecule has 0 aliphatic carbocycles. The molecule has 0 aliphatic heterocycles. The molecule has 0 atom stereocenters. The van der Waals surface area contributed by atoms with E-state index in [1.807, 2.05) is 18.2 Å². The van der Waals surface area contributed by atoms with E-state index in [0.717, 1.165) is 77.2 Å². The Morgan fingerprint density at radius 1 is 0.442 bits per heavy atom. The first-order valence-electron chi connectivity index (χ1n) is 17.6. The van der Waals surface area contributed by atoms with Crippen LogP contribution >= 0.6 is 0 Å². The number of furan rings is 1. The van der Waals surface area contributed by atoms with Gasteiger partial charge in [0.05, 0.1) is 22.2 Å². The Balaban J connectivity index is 1.11. The largest absolute Gasteiger partial charge is 0.455 e. The highest BCUT2D eigenvalue weighted by molar-refractivity contribution is 6.21. The molecule has 4 heteroatoms. The van der Waals surface area contributed by atoms with E-state index in [0.29, 0.717) is 5.82 Å². The molecular formula is C48H29N3O. The van der Waals surface area contributed by atoms with Gasteiger partial charge in [0.25, 0.3) is 0 Å². The molecule has 11 aromatic rings. The van der Waals surface area contributed by atoms with Crippen molar-refractivity contribution in [3.05, 3.63) is 176 Å². The summed E-state index contributed by atoms with van der Waals surface area (Å²) in [6.07, 6.45) is 0. The summed E-state index contributed by atoms with van der Waals surface area (Å²) in [5.41, 5.74) is 11.3. The lowest BCUT2D eigenvalue weighted by Crippen LogP contribution is -1.96. The first kappa shape index (κ1) is 28.8. The van der Waals surface area contributed by atoms with Crippen LogP contribution in [-0.2, 0) is 0 Å². The molecule has 0 unspecified atom stereocenters. The quantitative estimate of drug-likeness (QED) is 0.188. The molecule has 4 nitrogen and oxygen atoms in total. The summed E-state index contributed by atoms with van der Waals surface area (Å²) < 4.78 is 9.07. The van der Waals surface area contributed by atoms with Gasteiger partial charge in [0.2, 0.25) is 0 Å². The number of rotatable bonds is 4. The van der Waals surface area contributed by atoms with Crippen LogP contribution in [0.1, 0.15) is 0 Å². The van der Waals surface area contributed by atoms with E-state index in [1.54, 1.807) is 0 Å². The second-order valence-electron chi connectivity index (χ2n) is 13.4. The molecule has 3 heterocycles.